The number of hydrogen-bond acceptors (Lipinski definition) is 4. The molecular formula is C17H22N2O3S. The molecule has 0 spiro atoms. The van der Waals surface area contributed by atoms with E-state index in [-0.39, 0.29) is 23.7 Å². The first-order valence-electron chi connectivity index (χ1n) is 7.52. The van der Waals surface area contributed by atoms with Crippen molar-refractivity contribution in [3.8, 4) is 0 Å². The molecule has 0 fully saturated rings. The first-order chi connectivity index (χ1) is 10.8. The summed E-state index contributed by atoms with van der Waals surface area (Å²) in [6, 6.07) is 9.22. The fourth-order valence-corrected chi connectivity index (χ4v) is 3.18. The van der Waals surface area contributed by atoms with Gasteiger partial charge >= 0.3 is 4.87 Å². The van der Waals surface area contributed by atoms with Crippen molar-refractivity contribution in [3.63, 3.8) is 0 Å². The van der Waals surface area contributed by atoms with Gasteiger partial charge in [0.15, 0.2) is 0 Å². The molecule has 0 radical (unpaired) electrons. The molecule has 0 unspecified atom stereocenters. The van der Waals surface area contributed by atoms with Gasteiger partial charge in [0.1, 0.15) is 5.60 Å². The molecule has 1 aromatic heterocycles. The Bertz CT molecular complexity index is 732. The average molecular weight is 334 g/mol. The van der Waals surface area contributed by atoms with E-state index in [1.54, 1.807) is 11.5 Å². The van der Waals surface area contributed by atoms with E-state index >= 15 is 0 Å². The highest BCUT2D eigenvalue weighted by Crippen LogP contribution is 2.19. The van der Waals surface area contributed by atoms with Crippen LogP contribution in [-0.4, -0.2) is 22.1 Å². The van der Waals surface area contributed by atoms with Crippen LogP contribution in [0.25, 0.3) is 0 Å². The number of aliphatic hydroxyl groups is 1. The second-order valence-corrected chi connectivity index (χ2v) is 6.99. The molecule has 0 aliphatic rings. The Hall–Kier alpha value is -1.92. The number of nitrogens with one attached hydrogen (secondary N) is 1. The van der Waals surface area contributed by atoms with Gasteiger partial charge in [-0.3, -0.25) is 9.59 Å². The maximum Gasteiger partial charge on any atom is 0.307 e. The lowest BCUT2D eigenvalue weighted by Gasteiger charge is -2.24. The molecule has 2 rings (SSSR count). The van der Waals surface area contributed by atoms with Gasteiger partial charge in [0.25, 0.3) is 0 Å². The molecule has 2 N–H and O–H groups in total. The summed E-state index contributed by atoms with van der Waals surface area (Å²) in [6.45, 7) is 5.93. The summed E-state index contributed by atoms with van der Waals surface area (Å²) in [5, 5.41) is 13.2. The van der Waals surface area contributed by atoms with E-state index in [0.29, 0.717) is 6.54 Å². The highest BCUT2D eigenvalue weighted by atomic mass is 32.1. The lowest BCUT2D eigenvalue weighted by Crippen LogP contribution is -2.39. The Kier molecular flexibility index (Phi) is 5.38. The summed E-state index contributed by atoms with van der Waals surface area (Å²) < 4.78 is 1.62. The third kappa shape index (κ3) is 4.30. The second-order valence-electron chi connectivity index (χ2n) is 5.83. The van der Waals surface area contributed by atoms with Gasteiger partial charge < -0.3 is 15.0 Å². The van der Waals surface area contributed by atoms with Crippen LogP contribution < -0.4 is 10.2 Å². The molecule has 124 valence electrons. The largest absolute Gasteiger partial charge is 0.384 e. The maximum atomic E-state index is 12.0. The molecule has 0 aliphatic carbocycles. The molecular weight excluding hydrogens is 312 g/mol. The Morgan fingerprint density at radius 1 is 1.30 bits per heavy atom. The fourth-order valence-electron chi connectivity index (χ4n) is 2.32. The van der Waals surface area contributed by atoms with Crippen molar-refractivity contribution in [2.45, 2.75) is 39.3 Å². The number of aromatic nitrogens is 1. The van der Waals surface area contributed by atoms with Crippen molar-refractivity contribution in [3.05, 3.63) is 56.1 Å². The molecule has 0 bridgehead atoms. The van der Waals surface area contributed by atoms with Crippen LogP contribution >= 0.6 is 11.3 Å². The zero-order valence-electron chi connectivity index (χ0n) is 13.6. The van der Waals surface area contributed by atoms with Gasteiger partial charge in [-0.25, -0.2) is 0 Å². The number of rotatable bonds is 6. The van der Waals surface area contributed by atoms with Gasteiger partial charge in [0.2, 0.25) is 5.91 Å². The van der Waals surface area contributed by atoms with Gasteiger partial charge in [-0.15, -0.1) is 0 Å². The zero-order chi connectivity index (χ0) is 17.0. The Labute approximate surface area is 139 Å². The zero-order valence-corrected chi connectivity index (χ0v) is 14.4. The number of benzene rings is 1. The molecule has 1 aromatic carbocycles. The van der Waals surface area contributed by atoms with Gasteiger partial charge in [0.05, 0.1) is 6.54 Å². The number of nitrogens with zero attached hydrogens (tertiary/aromatic N) is 1. The van der Waals surface area contributed by atoms with Crippen LogP contribution in [0.3, 0.4) is 0 Å². The monoisotopic (exact) mass is 334 g/mol. The summed E-state index contributed by atoms with van der Waals surface area (Å²) in [5.74, 6) is -0.184. The topological polar surface area (TPSA) is 71.3 Å². The minimum atomic E-state index is -1.12. The molecule has 1 heterocycles. The molecule has 5 nitrogen and oxygen atoms in total. The van der Waals surface area contributed by atoms with Crippen molar-refractivity contribution in [1.29, 1.82) is 0 Å². The van der Waals surface area contributed by atoms with Gasteiger partial charge in [-0.1, -0.05) is 41.7 Å². The first kappa shape index (κ1) is 17.4. The number of amides is 1. The van der Waals surface area contributed by atoms with E-state index in [2.05, 4.69) is 5.32 Å². The number of carbonyl (C=O) groups excluding carboxylic acids is 1. The predicted molar refractivity (Wildman–Crippen MR) is 91.7 cm³/mol. The van der Waals surface area contributed by atoms with Crippen molar-refractivity contribution in [1.82, 2.24) is 9.88 Å². The SMILES string of the molecule is Cc1sc(=O)n(CCC(=O)NC[C@](C)(O)c2ccccc2)c1C. The Morgan fingerprint density at radius 3 is 2.52 bits per heavy atom. The summed E-state index contributed by atoms with van der Waals surface area (Å²) in [4.78, 5) is 24.7. The third-order valence-corrected chi connectivity index (χ3v) is 4.96. The van der Waals surface area contributed by atoms with Crippen LogP contribution in [0.15, 0.2) is 35.1 Å². The Balaban J connectivity index is 1.89. The highest BCUT2D eigenvalue weighted by Gasteiger charge is 2.23. The normalized spacial score (nSPS) is 13.6. The smallest absolute Gasteiger partial charge is 0.307 e. The van der Waals surface area contributed by atoms with Gasteiger partial charge in [-0.05, 0) is 26.3 Å². The number of hydrogen-bond donors (Lipinski definition) is 2. The summed E-state index contributed by atoms with van der Waals surface area (Å²) in [6.07, 6.45) is 0.210. The van der Waals surface area contributed by atoms with E-state index in [1.807, 2.05) is 44.2 Å². The lowest BCUT2D eigenvalue weighted by molar-refractivity contribution is -0.122. The highest BCUT2D eigenvalue weighted by molar-refractivity contribution is 7.09. The summed E-state index contributed by atoms with van der Waals surface area (Å²) in [5.41, 5.74) is 0.535. The fraction of sp³-hybridized carbons (Fsp3) is 0.412. The third-order valence-electron chi connectivity index (χ3n) is 3.96. The second kappa shape index (κ2) is 7.10. The van der Waals surface area contributed by atoms with E-state index in [0.717, 1.165) is 16.1 Å². The van der Waals surface area contributed by atoms with Crippen LogP contribution in [0.2, 0.25) is 0 Å². The van der Waals surface area contributed by atoms with Crippen molar-refractivity contribution >= 4 is 17.2 Å². The van der Waals surface area contributed by atoms with Crippen molar-refractivity contribution in [2.75, 3.05) is 6.54 Å². The standard InChI is InChI=1S/C17H22N2O3S/c1-12-13(2)23-16(21)19(12)10-9-15(20)18-11-17(3,22)14-7-5-4-6-8-14/h4-8,22H,9-11H2,1-3H3,(H,18,20)/t17-/m0/s1. The number of carbonyl (C=O) groups is 1. The van der Waals surface area contributed by atoms with Crippen LogP contribution in [0, 0.1) is 13.8 Å². The number of thiazole rings is 1. The van der Waals surface area contributed by atoms with Gasteiger partial charge in [0, 0.05) is 23.5 Å². The molecule has 1 amide bonds. The minimum Gasteiger partial charge on any atom is -0.384 e. The summed E-state index contributed by atoms with van der Waals surface area (Å²) in [7, 11) is 0. The van der Waals surface area contributed by atoms with E-state index < -0.39 is 5.60 Å². The predicted octanol–water partition coefficient (Wildman–Crippen LogP) is 1.94. The van der Waals surface area contributed by atoms with Gasteiger partial charge in [-0.2, -0.15) is 0 Å². The molecule has 0 saturated heterocycles. The minimum absolute atomic E-state index is 0.0379. The molecule has 23 heavy (non-hydrogen) atoms. The van der Waals surface area contributed by atoms with Crippen molar-refractivity contribution in [2.24, 2.45) is 0 Å². The molecule has 2 aromatic rings. The van der Waals surface area contributed by atoms with Crippen LogP contribution in [0.1, 0.15) is 29.5 Å². The van der Waals surface area contributed by atoms with Crippen molar-refractivity contribution < 1.29 is 9.90 Å². The lowest BCUT2D eigenvalue weighted by atomic mass is 9.96. The Morgan fingerprint density at radius 2 is 1.96 bits per heavy atom. The van der Waals surface area contributed by atoms with Crippen LogP contribution in [-0.2, 0) is 16.9 Å². The molecule has 1 atom stereocenters. The number of aryl methyl sites for hydroxylation is 1. The molecule has 0 saturated carbocycles. The van der Waals surface area contributed by atoms with Crippen LogP contribution in [0.4, 0.5) is 0 Å². The summed E-state index contributed by atoms with van der Waals surface area (Å²) >= 11 is 1.20. The van der Waals surface area contributed by atoms with E-state index in [9.17, 15) is 14.7 Å². The molecule has 0 aliphatic heterocycles. The maximum absolute atomic E-state index is 12.0. The molecule has 6 heteroatoms. The average Bonchev–Trinajstić information content (AvgIpc) is 2.77. The first-order valence-corrected chi connectivity index (χ1v) is 8.34. The van der Waals surface area contributed by atoms with E-state index in [4.69, 9.17) is 0 Å². The van der Waals surface area contributed by atoms with E-state index in [1.165, 1.54) is 11.3 Å². The van der Waals surface area contributed by atoms with Crippen LogP contribution in [0.5, 0.6) is 0 Å². The quantitative estimate of drug-likeness (QED) is 0.848.